The summed E-state index contributed by atoms with van der Waals surface area (Å²) in [6, 6.07) is 0. The van der Waals surface area contributed by atoms with Crippen molar-refractivity contribution in [3.63, 3.8) is 0 Å². The zero-order valence-corrected chi connectivity index (χ0v) is 10.8. The maximum Gasteiger partial charge on any atom is 0.190 e. The third kappa shape index (κ3) is 4.37. The van der Waals surface area contributed by atoms with E-state index < -0.39 is 0 Å². The van der Waals surface area contributed by atoms with Crippen LogP contribution >= 0.6 is 23.5 Å². The first kappa shape index (κ1) is 11.9. The van der Waals surface area contributed by atoms with Gasteiger partial charge < -0.3 is 4.57 Å². The molecule has 1 aromatic rings. The monoisotopic (exact) mass is 231 g/mol. The standard InChI is InChI=1S/C9H17N3S2/c1-9(2,3)14-6-5-13-8-11-10-7-12(8)4/h7H,5-6H2,1-4H3. The first-order valence-electron chi connectivity index (χ1n) is 4.60. The summed E-state index contributed by atoms with van der Waals surface area (Å²) in [5.74, 6) is 2.25. The Hall–Kier alpha value is -0.160. The van der Waals surface area contributed by atoms with Gasteiger partial charge in [0.1, 0.15) is 6.33 Å². The molecular weight excluding hydrogens is 214 g/mol. The SMILES string of the molecule is Cn1cnnc1SCCSC(C)(C)C. The van der Waals surface area contributed by atoms with E-state index >= 15 is 0 Å². The summed E-state index contributed by atoms with van der Waals surface area (Å²) in [6.07, 6.45) is 1.74. The van der Waals surface area contributed by atoms with Crippen molar-refractivity contribution in [1.82, 2.24) is 14.8 Å². The highest BCUT2D eigenvalue weighted by molar-refractivity contribution is 8.03. The number of aromatic nitrogens is 3. The first-order chi connectivity index (χ1) is 6.49. The third-order valence-corrected chi connectivity index (χ3v) is 4.09. The second-order valence-electron chi connectivity index (χ2n) is 4.03. The lowest BCUT2D eigenvalue weighted by Crippen LogP contribution is -2.09. The lowest BCUT2D eigenvalue weighted by molar-refractivity contribution is 0.788. The van der Waals surface area contributed by atoms with Crippen LogP contribution in [0.1, 0.15) is 20.8 Å². The molecule has 0 aliphatic carbocycles. The summed E-state index contributed by atoms with van der Waals surface area (Å²) in [4.78, 5) is 0. The van der Waals surface area contributed by atoms with Crippen LogP contribution in [0.4, 0.5) is 0 Å². The van der Waals surface area contributed by atoms with Gasteiger partial charge in [-0.2, -0.15) is 11.8 Å². The van der Waals surface area contributed by atoms with Gasteiger partial charge in [0.25, 0.3) is 0 Å². The molecule has 0 unspecified atom stereocenters. The maximum absolute atomic E-state index is 4.02. The Labute approximate surface area is 94.1 Å². The number of hydrogen-bond donors (Lipinski definition) is 0. The predicted octanol–water partition coefficient (Wildman–Crippen LogP) is 2.44. The molecule has 1 rings (SSSR count). The highest BCUT2D eigenvalue weighted by atomic mass is 32.2. The highest BCUT2D eigenvalue weighted by Gasteiger charge is 2.10. The molecular formula is C9H17N3S2. The van der Waals surface area contributed by atoms with Crippen molar-refractivity contribution in [3.05, 3.63) is 6.33 Å². The van der Waals surface area contributed by atoms with Gasteiger partial charge in [0.2, 0.25) is 0 Å². The quantitative estimate of drug-likeness (QED) is 0.588. The minimum Gasteiger partial charge on any atom is -0.312 e. The highest BCUT2D eigenvalue weighted by Crippen LogP contribution is 2.25. The molecule has 3 nitrogen and oxygen atoms in total. The van der Waals surface area contributed by atoms with Crippen LogP contribution < -0.4 is 0 Å². The van der Waals surface area contributed by atoms with Crippen LogP contribution in [0, 0.1) is 0 Å². The van der Waals surface area contributed by atoms with Crippen LogP contribution in [0.25, 0.3) is 0 Å². The van der Waals surface area contributed by atoms with Crippen molar-refractivity contribution in [2.45, 2.75) is 30.7 Å². The van der Waals surface area contributed by atoms with Gasteiger partial charge in [-0.1, -0.05) is 32.5 Å². The molecule has 0 bridgehead atoms. The topological polar surface area (TPSA) is 30.7 Å². The lowest BCUT2D eigenvalue weighted by Gasteiger charge is -2.16. The van der Waals surface area contributed by atoms with Gasteiger partial charge in [-0.05, 0) is 0 Å². The lowest BCUT2D eigenvalue weighted by atomic mass is 10.3. The van der Waals surface area contributed by atoms with Crippen LogP contribution in [-0.2, 0) is 7.05 Å². The normalized spacial score (nSPS) is 12.0. The van der Waals surface area contributed by atoms with E-state index in [9.17, 15) is 0 Å². The molecule has 1 aromatic heterocycles. The summed E-state index contributed by atoms with van der Waals surface area (Å²) in [7, 11) is 1.97. The van der Waals surface area contributed by atoms with Gasteiger partial charge in [-0.3, -0.25) is 0 Å². The van der Waals surface area contributed by atoms with Gasteiger partial charge >= 0.3 is 0 Å². The predicted molar refractivity (Wildman–Crippen MR) is 63.9 cm³/mol. The van der Waals surface area contributed by atoms with E-state index in [1.807, 2.05) is 23.4 Å². The summed E-state index contributed by atoms with van der Waals surface area (Å²) in [6.45, 7) is 6.72. The van der Waals surface area contributed by atoms with E-state index in [2.05, 4.69) is 31.0 Å². The van der Waals surface area contributed by atoms with Crippen LogP contribution in [0.5, 0.6) is 0 Å². The Balaban J connectivity index is 2.20. The molecule has 0 fully saturated rings. The number of nitrogens with zero attached hydrogens (tertiary/aromatic N) is 3. The minimum atomic E-state index is 0.362. The summed E-state index contributed by atoms with van der Waals surface area (Å²) >= 11 is 3.75. The Morgan fingerprint density at radius 2 is 2.07 bits per heavy atom. The molecule has 0 amide bonds. The molecule has 0 aromatic carbocycles. The average Bonchev–Trinajstić information content (AvgIpc) is 2.44. The van der Waals surface area contributed by atoms with E-state index in [-0.39, 0.29) is 0 Å². The summed E-state index contributed by atoms with van der Waals surface area (Å²) < 4.78 is 2.31. The molecule has 14 heavy (non-hydrogen) atoms. The van der Waals surface area contributed by atoms with Crippen molar-refractivity contribution in [2.75, 3.05) is 11.5 Å². The van der Waals surface area contributed by atoms with E-state index in [1.165, 1.54) is 0 Å². The average molecular weight is 231 g/mol. The molecule has 80 valence electrons. The Morgan fingerprint density at radius 1 is 1.36 bits per heavy atom. The second-order valence-corrected chi connectivity index (χ2v) is 7.02. The van der Waals surface area contributed by atoms with Crippen LogP contribution in [0.2, 0.25) is 0 Å². The van der Waals surface area contributed by atoms with E-state index in [0.717, 1.165) is 16.7 Å². The Bertz CT molecular complexity index is 278. The number of hydrogen-bond acceptors (Lipinski definition) is 4. The van der Waals surface area contributed by atoms with Gasteiger partial charge in [0.05, 0.1) is 0 Å². The molecule has 0 aliphatic rings. The molecule has 1 heterocycles. The molecule has 0 atom stereocenters. The molecule has 0 radical (unpaired) electrons. The Kier molecular flexibility index (Phi) is 4.31. The van der Waals surface area contributed by atoms with Crippen LogP contribution in [-0.4, -0.2) is 31.0 Å². The smallest absolute Gasteiger partial charge is 0.190 e. The summed E-state index contributed by atoms with van der Waals surface area (Å²) in [5.41, 5.74) is 0. The van der Waals surface area contributed by atoms with Crippen molar-refractivity contribution in [3.8, 4) is 0 Å². The van der Waals surface area contributed by atoms with E-state index in [4.69, 9.17) is 0 Å². The third-order valence-electron chi connectivity index (χ3n) is 1.52. The number of aryl methyl sites for hydroxylation is 1. The number of rotatable bonds is 4. The first-order valence-corrected chi connectivity index (χ1v) is 6.57. The summed E-state index contributed by atoms with van der Waals surface area (Å²) in [5, 5.41) is 8.85. The van der Waals surface area contributed by atoms with Crippen molar-refractivity contribution in [2.24, 2.45) is 7.05 Å². The van der Waals surface area contributed by atoms with Gasteiger partial charge in [-0.15, -0.1) is 10.2 Å². The van der Waals surface area contributed by atoms with Crippen molar-refractivity contribution < 1.29 is 0 Å². The van der Waals surface area contributed by atoms with Crippen LogP contribution in [0.3, 0.4) is 0 Å². The van der Waals surface area contributed by atoms with Gasteiger partial charge in [-0.25, -0.2) is 0 Å². The van der Waals surface area contributed by atoms with Crippen molar-refractivity contribution >= 4 is 23.5 Å². The fraction of sp³-hybridized carbons (Fsp3) is 0.778. The molecule has 5 heteroatoms. The fourth-order valence-electron chi connectivity index (χ4n) is 0.884. The van der Waals surface area contributed by atoms with Gasteiger partial charge in [0, 0.05) is 23.3 Å². The van der Waals surface area contributed by atoms with E-state index in [0.29, 0.717) is 4.75 Å². The minimum absolute atomic E-state index is 0.362. The second kappa shape index (κ2) is 5.07. The van der Waals surface area contributed by atoms with Gasteiger partial charge in [0.15, 0.2) is 5.16 Å². The largest absolute Gasteiger partial charge is 0.312 e. The number of thioether (sulfide) groups is 2. The molecule has 0 N–H and O–H groups in total. The molecule has 0 spiro atoms. The molecule has 0 saturated heterocycles. The Morgan fingerprint density at radius 3 is 2.57 bits per heavy atom. The molecule has 0 saturated carbocycles. The van der Waals surface area contributed by atoms with Crippen LogP contribution in [0.15, 0.2) is 11.5 Å². The van der Waals surface area contributed by atoms with Crippen molar-refractivity contribution in [1.29, 1.82) is 0 Å². The fourth-order valence-corrected chi connectivity index (χ4v) is 2.70. The van der Waals surface area contributed by atoms with E-state index in [1.54, 1.807) is 18.1 Å². The zero-order valence-electron chi connectivity index (χ0n) is 9.15. The zero-order chi connectivity index (χ0) is 10.6. The molecule has 0 aliphatic heterocycles. The maximum atomic E-state index is 4.02.